The first-order valence-electron chi connectivity index (χ1n) is 11.2. The number of hydrogen-bond acceptors (Lipinski definition) is 4. The number of ether oxygens (including phenoxy) is 2. The van der Waals surface area contributed by atoms with Crippen molar-refractivity contribution in [2.24, 2.45) is 29.1 Å². The molecular weight excluding hydrogens is 380 g/mol. The first kappa shape index (κ1) is 21.0. The summed E-state index contributed by atoms with van der Waals surface area (Å²) in [5.74, 6) is 3.13. The number of anilines is 1. The van der Waals surface area contributed by atoms with Gasteiger partial charge in [0.15, 0.2) is 0 Å². The molecule has 2 amide bonds. The van der Waals surface area contributed by atoms with Gasteiger partial charge in [0, 0.05) is 29.3 Å². The maximum absolute atomic E-state index is 13.4. The maximum Gasteiger partial charge on any atom is 0.247 e. The number of carbonyl (C=O) groups excluding carboxylic acids is 2. The predicted molar refractivity (Wildman–Crippen MR) is 116 cm³/mol. The molecule has 4 saturated carbocycles. The summed E-state index contributed by atoms with van der Waals surface area (Å²) in [6.45, 7) is 3.94. The first-order chi connectivity index (χ1) is 14.3. The number of benzene rings is 1. The first-order valence-corrected chi connectivity index (χ1v) is 11.2. The fraction of sp³-hybridized carbons (Fsp3) is 0.667. The molecule has 0 spiro atoms. The van der Waals surface area contributed by atoms with Gasteiger partial charge in [0.05, 0.1) is 14.2 Å². The van der Waals surface area contributed by atoms with Crippen LogP contribution < -0.4 is 20.1 Å². The number of methoxy groups -OCH3 is 2. The molecule has 5 rings (SSSR count). The average Bonchev–Trinajstić information content (AvgIpc) is 2.70. The summed E-state index contributed by atoms with van der Waals surface area (Å²) in [6, 6.07) is 4.67. The van der Waals surface area contributed by atoms with Crippen molar-refractivity contribution in [3.8, 4) is 11.5 Å². The van der Waals surface area contributed by atoms with Crippen LogP contribution in [-0.4, -0.2) is 32.1 Å². The van der Waals surface area contributed by atoms with Crippen molar-refractivity contribution in [3.05, 3.63) is 18.2 Å². The smallest absolute Gasteiger partial charge is 0.247 e. The third-order valence-electron chi connectivity index (χ3n) is 7.37. The second kappa shape index (κ2) is 8.12. The molecule has 4 aliphatic carbocycles. The van der Waals surface area contributed by atoms with Gasteiger partial charge in [-0.25, -0.2) is 0 Å². The Kier molecular flexibility index (Phi) is 5.69. The van der Waals surface area contributed by atoms with E-state index in [4.69, 9.17) is 9.47 Å². The highest BCUT2D eigenvalue weighted by Gasteiger charge is 2.55. The Morgan fingerprint density at radius 1 is 0.933 bits per heavy atom. The van der Waals surface area contributed by atoms with Gasteiger partial charge in [0.25, 0.3) is 0 Å². The van der Waals surface area contributed by atoms with E-state index in [1.807, 2.05) is 13.8 Å². The SMILES string of the molecule is COc1cc(NC(=O)[C@H](NC(=O)C23CC4CC(CC(C4)C2)C3)C(C)C)cc(OC)c1. The van der Waals surface area contributed by atoms with Gasteiger partial charge < -0.3 is 20.1 Å². The summed E-state index contributed by atoms with van der Waals surface area (Å²) in [7, 11) is 3.14. The molecule has 1 atom stereocenters. The van der Waals surface area contributed by atoms with Crippen LogP contribution >= 0.6 is 0 Å². The Morgan fingerprint density at radius 3 is 1.87 bits per heavy atom. The lowest BCUT2D eigenvalue weighted by Gasteiger charge is -2.55. The second-order valence-corrected chi connectivity index (χ2v) is 9.98. The van der Waals surface area contributed by atoms with E-state index in [0.29, 0.717) is 34.9 Å². The number of amides is 2. The topological polar surface area (TPSA) is 76.7 Å². The van der Waals surface area contributed by atoms with E-state index in [1.165, 1.54) is 19.3 Å². The monoisotopic (exact) mass is 414 g/mol. The fourth-order valence-corrected chi connectivity index (χ4v) is 6.32. The van der Waals surface area contributed by atoms with Crippen LogP contribution in [0.15, 0.2) is 18.2 Å². The molecule has 4 bridgehead atoms. The molecule has 0 aromatic heterocycles. The van der Waals surface area contributed by atoms with Gasteiger partial charge >= 0.3 is 0 Å². The van der Waals surface area contributed by atoms with Crippen LogP contribution in [-0.2, 0) is 9.59 Å². The van der Waals surface area contributed by atoms with Gasteiger partial charge in [0.2, 0.25) is 11.8 Å². The van der Waals surface area contributed by atoms with E-state index in [0.717, 1.165) is 19.3 Å². The largest absolute Gasteiger partial charge is 0.497 e. The summed E-state index contributed by atoms with van der Waals surface area (Å²) in [6.07, 6.45) is 6.84. The lowest BCUT2D eigenvalue weighted by atomic mass is 9.49. The van der Waals surface area contributed by atoms with Crippen molar-refractivity contribution in [1.29, 1.82) is 0 Å². The maximum atomic E-state index is 13.4. The van der Waals surface area contributed by atoms with Crippen molar-refractivity contribution >= 4 is 17.5 Å². The van der Waals surface area contributed by atoms with Crippen molar-refractivity contribution in [2.75, 3.05) is 19.5 Å². The zero-order valence-corrected chi connectivity index (χ0v) is 18.5. The highest BCUT2D eigenvalue weighted by molar-refractivity contribution is 5.98. The van der Waals surface area contributed by atoms with Crippen LogP contribution in [0.5, 0.6) is 11.5 Å². The molecule has 6 nitrogen and oxygen atoms in total. The lowest BCUT2D eigenvalue weighted by Crippen LogP contribution is -2.57. The summed E-state index contributed by atoms with van der Waals surface area (Å²) in [4.78, 5) is 26.5. The zero-order chi connectivity index (χ0) is 21.5. The molecule has 30 heavy (non-hydrogen) atoms. The molecule has 1 aromatic carbocycles. The van der Waals surface area contributed by atoms with E-state index in [1.54, 1.807) is 32.4 Å². The Balaban J connectivity index is 1.48. The molecule has 0 saturated heterocycles. The Morgan fingerprint density at radius 2 is 1.43 bits per heavy atom. The number of rotatable bonds is 7. The van der Waals surface area contributed by atoms with Gasteiger partial charge in [0.1, 0.15) is 17.5 Å². The molecule has 0 heterocycles. The predicted octanol–water partition coefficient (Wildman–Crippen LogP) is 4.00. The van der Waals surface area contributed by atoms with E-state index >= 15 is 0 Å². The molecule has 0 aliphatic heterocycles. The summed E-state index contributed by atoms with van der Waals surface area (Å²) in [5, 5.41) is 6.08. The minimum Gasteiger partial charge on any atom is -0.497 e. The number of hydrogen-bond donors (Lipinski definition) is 2. The van der Waals surface area contributed by atoms with Gasteiger partial charge in [-0.2, -0.15) is 0 Å². The summed E-state index contributed by atoms with van der Waals surface area (Å²) in [5.41, 5.74) is 0.326. The van der Waals surface area contributed by atoms with Gasteiger partial charge in [-0.1, -0.05) is 13.8 Å². The molecule has 1 aromatic rings. The van der Waals surface area contributed by atoms with Crippen LogP contribution in [0, 0.1) is 29.1 Å². The van der Waals surface area contributed by atoms with Gasteiger partial charge in [-0.3, -0.25) is 9.59 Å². The normalized spacial score (nSPS) is 30.1. The van der Waals surface area contributed by atoms with Crippen molar-refractivity contribution in [2.45, 2.75) is 58.4 Å². The molecule has 0 unspecified atom stereocenters. The Labute approximate surface area is 179 Å². The second-order valence-electron chi connectivity index (χ2n) is 9.98. The van der Waals surface area contributed by atoms with Crippen molar-refractivity contribution in [3.63, 3.8) is 0 Å². The fourth-order valence-electron chi connectivity index (χ4n) is 6.32. The number of carbonyl (C=O) groups is 2. The Bertz CT molecular complexity index is 762. The molecule has 164 valence electrons. The van der Waals surface area contributed by atoms with Crippen molar-refractivity contribution in [1.82, 2.24) is 5.32 Å². The molecule has 0 radical (unpaired) electrons. The van der Waals surface area contributed by atoms with Gasteiger partial charge in [-0.05, 0) is 62.2 Å². The van der Waals surface area contributed by atoms with E-state index in [-0.39, 0.29) is 23.1 Å². The van der Waals surface area contributed by atoms with E-state index in [9.17, 15) is 9.59 Å². The Hall–Kier alpha value is -2.24. The van der Waals surface area contributed by atoms with Crippen LogP contribution in [0.1, 0.15) is 52.4 Å². The summed E-state index contributed by atoms with van der Waals surface area (Å²) >= 11 is 0. The molecular formula is C24H34N2O4. The average molecular weight is 415 g/mol. The minimum atomic E-state index is -0.581. The third kappa shape index (κ3) is 4.01. The van der Waals surface area contributed by atoms with Crippen LogP contribution in [0.2, 0.25) is 0 Å². The lowest BCUT2D eigenvalue weighted by molar-refractivity contribution is -0.148. The van der Waals surface area contributed by atoms with E-state index in [2.05, 4.69) is 10.6 Å². The van der Waals surface area contributed by atoms with Crippen molar-refractivity contribution < 1.29 is 19.1 Å². The summed E-state index contributed by atoms with van der Waals surface area (Å²) < 4.78 is 10.6. The van der Waals surface area contributed by atoms with E-state index < -0.39 is 6.04 Å². The molecule has 6 heteroatoms. The highest BCUT2D eigenvalue weighted by Crippen LogP contribution is 2.60. The molecule has 2 N–H and O–H groups in total. The minimum absolute atomic E-state index is 0.0182. The van der Waals surface area contributed by atoms with Crippen LogP contribution in [0.4, 0.5) is 5.69 Å². The molecule has 4 aliphatic rings. The highest BCUT2D eigenvalue weighted by atomic mass is 16.5. The standard InChI is InChI=1S/C24H34N2O4/c1-14(2)21(22(27)25-18-8-19(29-3)10-20(9-18)30-4)26-23(28)24-11-15-5-16(12-24)7-17(6-15)13-24/h8-10,14-17,21H,5-7,11-13H2,1-4H3,(H,25,27)(H,26,28)/t15?,16?,17?,21-,24?/m1/s1. The third-order valence-corrected chi connectivity index (χ3v) is 7.37. The molecule has 4 fully saturated rings. The number of nitrogens with one attached hydrogen (secondary N) is 2. The zero-order valence-electron chi connectivity index (χ0n) is 18.5. The van der Waals surface area contributed by atoms with Crippen LogP contribution in [0.25, 0.3) is 0 Å². The quantitative estimate of drug-likeness (QED) is 0.707. The van der Waals surface area contributed by atoms with Crippen LogP contribution in [0.3, 0.4) is 0 Å². The van der Waals surface area contributed by atoms with Gasteiger partial charge in [-0.15, -0.1) is 0 Å².